The first-order chi connectivity index (χ1) is 18.6. The summed E-state index contributed by atoms with van der Waals surface area (Å²) in [5.74, 6) is 0.346. The molecule has 0 bridgehead atoms. The Morgan fingerprint density at radius 1 is 0.947 bits per heavy atom. The predicted octanol–water partition coefficient (Wildman–Crippen LogP) is 7.10. The van der Waals surface area contributed by atoms with Crippen molar-refractivity contribution in [2.24, 2.45) is 0 Å². The van der Waals surface area contributed by atoms with E-state index < -0.39 is 0 Å². The molecule has 0 aliphatic rings. The van der Waals surface area contributed by atoms with Crippen LogP contribution in [0.15, 0.2) is 103 Å². The summed E-state index contributed by atoms with van der Waals surface area (Å²) in [6.07, 6.45) is 3.98. The lowest BCUT2D eigenvalue weighted by Crippen LogP contribution is -2.14. The Hall–Kier alpha value is -4.53. The van der Waals surface area contributed by atoms with E-state index in [4.69, 9.17) is 21.6 Å². The SMILES string of the molecule is O=C(Cc1ccccc1)Nc1cccc(-c2nc3sccn3c2-c2ccnc(Nc3ccccc3Cl)n2)c1. The number of halogens is 1. The molecule has 0 aliphatic carbocycles. The lowest BCUT2D eigenvalue weighted by molar-refractivity contribution is -0.115. The van der Waals surface area contributed by atoms with Crippen LogP contribution >= 0.6 is 22.9 Å². The van der Waals surface area contributed by atoms with Crippen molar-refractivity contribution >= 4 is 51.1 Å². The van der Waals surface area contributed by atoms with Crippen molar-refractivity contribution < 1.29 is 4.79 Å². The Kier molecular flexibility index (Phi) is 6.56. The number of amides is 1. The molecule has 9 heteroatoms. The zero-order chi connectivity index (χ0) is 25.9. The largest absolute Gasteiger partial charge is 0.326 e. The third-order valence-corrected chi connectivity index (χ3v) is 6.99. The van der Waals surface area contributed by atoms with Gasteiger partial charge in [-0.15, -0.1) is 11.3 Å². The van der Waals surface area contributed by atoms with E-state index in [0.717, 1.165) is 33.2 Å². The molecule has 0 atom stereocenters. The number of para-hydroxylation sites is 1. The van der Waals surface area contributed by atoms with Crippen LogP contribution in [-0.4, -0.2) is 25.3 Å². The van der Waals surface area contributed by atoms with Crippen LogP contribution in [0.2, 0.25) is 5.02 Å². The quantitative estimate of drug-likeness (QED) is 0.227. The highest BCUT2D eigenvalue weighted by molar-refractivity contribution is 7.15. The average molecular weight is 537 g/mol. The van der Waals surface area contributed by atoms with E-state index in [-0.39, 0.29) is 5.91 Å². The molecule has 0 saturated heterocycles. The number of anilines is 3. The fourth-order valence-corrected chi connectivity index (χ4v) is 5.09. The normalized spacial score (nSPS) is 11.0. The first kappa shape index (κ1) is 23.8. The van der Waals surface area contributed by atoms with Crippen molar-refractivity contribution in [2.45, 2.75) is 6.42 Å². The fourth-order valence-electron chi connectivity index (χ4n) is 4.20. The summed E-state index contributed by atoms with van der Waals surface area (Å²) in [5, 5.41) is 8.78. The molecule has 3 aromatic carbocycles. The summed E-state index contributed by atoms with van der Waals surface area (Å²) < 4.78 is 2.02. The van der Waals surface area contributed by atoms with Crippen LogP contribution in [0, 0.1) is 0 Å². The number of hydrogen-bond acceptors (Lipinski definition) is 6. The lowest BCUT2D eigenvalue weighted by Gasteiger charge is -2.10. The molecule has 3 aromatic heterocycles. The molecule has 0 fully saturated rings. The van der Waals surface area contributed by atoms with Gasteiger partial charge in [-0.2, -0.15) is 0 Å². The molecule has 0 aliphatic heterocycles. The molecule has 1 amide bonds. The molecule has 186 valence electrons. The molecular formula is C29H21ClN6OS. The minimum atomic E-state index is -0.0783. The minimum absolute atomic E-state index is 0.0783. The van der Waals surface area contributed by atoms with Gasteiger partial charge in [-0.05, 0) is 35.9 Å². The fraction of sp³-hybridized carbons (Fsp3) is 0.0345. The molecule has 6 aromatic rings. The van der Waals surface area contributed by atoms with Gasteiger partial charge in [0.2, 0.25) is 11.9 Å². The predicted molar refractivity (Wildman–Crippen MR) is 153 cm³/mol. The zero-order valence-corrected chi connectivity index (χ0v) is 21.6. The van der Waals surface area contributed by atoms with Gasteiger partial charge in [0, 0.05) is 29.0 Å². The molecule has 0 spiro atoms. The van der Waals surface area contributed by atoms with Crippen LogP contribution in [-0.2, 0) is 11.2 Å². The van der Waals surface area contributed by atoms with Gasteiger partial charge < -0.3 is 10.6 Å². The van der Waals surface area contributed by atoms with Crippen LogP contribution in [0.3, 0.4) is 0 Å². The average Bonchev–Trinajstić information content (AvgIpc) is 3.53. The second-order valence-corrected chi connectivity index (χ2v) is 9.81. The summed E-state index contributed by atoms with van der Waals surface area (Å²) in [7, 11) is 0. The number of nitrogens with one attached hydrogen (secondary N) is 2. The smallest absolute Gasteiger partial charge is 0.228 e. The summed E-state index contributed by atoms with van der Waals surface area (Å²) in [6, 6.07) is 26.7. The van der Waals surface area contributed by atoms with Gasteiger partial charge >= 0.3 is 0 Å². The van der Waals surface area contributed by atoms with Gasteiger partial charge in [-0.3, -0.25) is 9.20 Å². The van der Waals surface area contributed by atoms with E-state index in [9.17, 15) is 4.79 Å². The van der Waals surface area contributed by atoms with E-state index in [1.165, 1.54) is 0 Å². The van der Waals surface area contributed by atoms with E-state index >= 15 is 0 Å². The molecule has 0 saturated carbocycles. The number of aromatic nitrogens is 4. The second kappa shape index (κ2) is 10.5. The Balaban J connectivity index is 1.33. The van der Waals surface area contributed by atoms with Crippen LogP contribution in [0.25, 0.3) is 27.6 Å². The number of rotatable bonds is 7. The molecule has 0 radical (unpaired) electrons. The third kappa shape index (κ3) is 5.00. The standard InChI is InChI=1S/C29H21ClN6OS/c30-22-11-4-5-12-23(22)33-28-31-14-13-24(34-28)27-26(35-29-36(27)15-16-38-29)20-9-6-10-21(18-20)32-25(37)17-19-7-2-1-3-8-19/h1-16,18H,17H2,(H,32,37)(H,31,33,34). The molecule has 38 heavy (non-hydrogen) atoms. The number of imidazole rings is 1. The van der Waals surface area contributed by atoms with E-state index in [1.807, 2.05) is 101 Å². The Morgan fingerprint density at radius 2 is 1.79 bits per heavy atom. The first-order valence-corrected chi connectivity index (χ1v) is 13.1. The van der Waals surface area contributed by atoms with E-state index in [2.05, 4.69) is 15.6 Å². The van der Waals surface area contributed by atoms with Crippen molar-refractivity contribution in [1.29, 1.82) is 0 Å². The second-order valence-electron chi connectivity index (χ2n) is 8.53. The maximum Gasteiger partial charge on any atom is 0.228 e. The molecular weight excluding hydrogens is 516 g/mol. The van der Waals surface area contributed by atoms with Crippen molar-refractivity contribution in [1.82, 2.24) is 19.4 Å². The Morgan fingerprint density at radius 3 is 2.66 bits per heavy atom. The highest BCUT2D eigenvalue weighted by atomic mass is 35.5. The van der Waals surface area contributed by atoms with Gasteiger partial charge in [0.1, 0.15) is 5.69 Å². The van der Waals surface area contributed by atoms with Gasteiger partial charge in [-0.25, -0.2) is 15.0 Å². The van der Waals surface area contributed by atoms with Crippen LogP contribution in [0.5, 0.6) is 0 Å². The summed E-state index contributed by atoms with van der Waals surface area (Å²) in [4.78, 5) is 27.6. The van der Waals surface area contributed by atoms with Crippen LogP contribution < -0.4 is 10.6 Å². The summed E-state index contributed by atoms with van der Waals surface area (Å²) in [5.41, 5.74) is 5.55. The number of benzene rings is 3. The third-order valence-electron chi connectivity index (χ3n) is 5.91. The number of carbonyl (C=O) groups excluding carboxylic acids is 1. The number of carbonyl (C=O) groups is 1. The van der Waals surface area contributed by atoms with Gasteiger partial charge in [0.05, 0.1) is 28.5 Å². The van der Waals surface area contributed by atoms with Gasteiger partial charge in [0.15, 0.2) is 4.96 Å². The molecule has 2 N–H and O–H groups in total. The van der Waals surface area contributed by atoms with E-state index in [1.54, 1.807) is 17.5 Å². The summed E-state index contributed by atoms with van der Waals surface area (Å²) in [6.45, 7) is 0. The zero-order valence-electron chi connectivity index (χ0n) is 20.0. The maximum atomic E-state index is 12.7. The molecule has 3 heterocycles. The Labute approximate surface area is 227 Å². The van der Waals surface area contributed by atoms with E-state index in [0.29, 0.717) is 28.8 Å². The number of fused-ring (bicyclic) bond motifs is 1. The number of thiazole rings is 1. The van der Waals surface area contributed by atoms with Crippen LogP contribution in [0.4, 0.5) is 17.3 Å². The lowest BCUT2D eigenvalue weighted by atomic mass is 10.1. The summed E-state index contributed by atoms with van der Waals surface area (Å²) >= 11 is 7.86. The van der Waals surface area contributed by atoms with Gasteiger partial charge in [0.25, 0.3) is 0 Å². The van der Waals surface area contributed by atoms with Crippen LogP contribution in [0.1, 0.15) is 5.56 Å². The highest BCUT2D eigenvalue weighted by Crippen LogP contribution is 2.35. The van der Waals surface area contributed by atoms with Gasteiger partial charge in [-0.1, -0.05) is 66.2 Å². The van der Waals surface area contributed by atoms with Crippen molar-refractivity contribution in [3.8, 4) is 22.6 Å². The number of hydrogen-bond donors (Lipinski definition) is 2. The Bertz CT molecular complexity index is 1750. The maximum absolute atomic E-state index is 12.7. The number of nitrogens with zero attached hydrogens (tertiary/aromatic N) is 4. The first-order valence-electron chi connectivity index (χ1n) is 11.9. The van der Waals surface area contributed by atoms with Crippen molar-refractivity contribution in [3.05, 3.63) is 113 Å². The molecule has 0 unspecified atom stereocenters. The van der Waals surface area contributed by atoms with Crippen molar-refractivity contribution in [2.75, 3.05) is 10.6 Å². The highest BCUT2D eigenvalue weighted by Gasteiger charge is 2.19. The van der Waals surface area contributed by atoms with Crippen molar-refractivity contribution in [3.63, 3.8) is 0 Å². The minimum Gasteiger partial charge on any atom is -0.326 e. The molecule has 7 nitrogen and oxygen atoms in total. The molecule has 6 rings (SSSR count). The monoisotopic (exact) mass is 536 g/mol. The topological polar surface area (TPSA) is 84.2 Å².